The Hall–Kier alpha value is -2.02. The zero-order valence-corrected chi connectivity index (χ0v) is 10.5. The Bertz CT molecular complexity index is 535. The van der Waals surface area contributed by atoms with Gasteiger partial charge in [-0.25, -0.2) is 13.6 Å². The molecular formula is C13H13F2NO4. The van der Waals surface area contributed by atoms with Crippen molar-refractivity contribution in [1.82, 2.24) is 4.90 Å². The van der Waals surface area contributed by atoms with Crippen LogP contribution >= 0.6 is 0 Å². The smallest absolute Gasteiger partial charge is 0.328 e. The number of carbonyl (C=O) groups is 2. The average Bonchev–Trinajstić information content (AvgIpc) is 2.43. The third-order valence-corrected chi connectivity index (χ3v) is 3.11. The highest BCUT2D eigenvalue weighted by Crippen LogP contribution is 2.15. The number of rotatable bonds is 3. The van der Waals surface area contributed by atoms with Gasteiger partial charge in [-0.3, -0.25) is 4.79 Å². The molecule has 1 saturated heterocycles. The van der Waals surface area contributed by atoms with E-state index >= 15 is 0 Å². The van der Waals surface area contributed by atoms with Crippen LogP contribution in [0, 0.1) is 11.6 Å². The minimum Gasteiger partial charge on any atom is -0.480 e. The summed E-state index contributed by atoms with van der Waals surface area (Å²) in [7, 11) is 0. The van der Waals surface area contributed by atoms with Gasteiger partial charge in [0.1, 0.15) is 0 Å². The van der Waals surface area contributed by atoms with Crippen LogP contribution in [0.4, 0.5) is 8.78 Å². The molecule has 5 nitrogen and oxygen atoms in total. The molecule has 2 rings (SSSR count). The van der Waals surface area contributed by atoms with Crippen molar-refractivity contribution >= 4 is 11.9 Å². The van der Waals surface area contributed by atoms with E-state index in [0.717, 1.165) is 11.0 Å². The molecule has 1 unspecified atom stereocenters. The quantitative estimate of drug-likeness (QED) is 0.893. The number of aliphatic carboxylic acids is 1. The largest absolute Gasteiger partial charge is 0.480 e. The third kappa shape index (κ3) is 2.93. The van der Waals surface area contributed by atoms with E-state index in [1.807, 2.05) is 0 Å². The van der Waals surface area contributed by atoms with Crippen LogP contribution in [-0.2, 0) is 20.7 Å². The lowest BCUT2D eigenvalue weighted by atomic mass is 10.1. The Kier molecular flexibility index (Phi) is 4.29. The van der Waals surface area contributed by atoms with Crippen LogP contribution in [0.3, 0.4) is 0 Å². The van der Waals surface area contributed by atoms with Crippen LogP contribution in [0.2, 0.25) is 0 Å². The number of amides is 1. The van der Waals surface area contributed by atoms with Crippen LogP contribution in [0.5, 0.6) is 0 Å². The minimum atomic E-state index is -1.18. The molecule has 0 spiro atoms. The van der Waals surface area contributed by atoms with Gasteiger partial charge in [0.25, 0.3) is 0 Å². The molecular weight excluding hydrogens is 272 g/mol. The molecule has 1 aromatic rings. The summed E-state index contributed by atoms with van der Waals surface area (Å²) in [5.74, 6) is -3.86. The van der Waals surface area contributed by atoms with Gasteiger partial charge in [-0.2, -0.15) is 0 Å². The van der Waals surface area contributed by atoms with Crippen molar-refractivity contribution in [3.05, 3.63) is 35.4 Å². The summed E-state index contributed by atoms with van der Waals surface area (Å²) in [5.41, 5.74) is -0.0920. The van der Waals surface area contributed by atoms with Gasteiger partial charge < -0.3 is 14.7 Å². The molecule has 1 heterocycles. The average molecular weight is 285 g/mol. The van der Waals surface area contributed by atoms with E-state index in [1.165, 1.54) is 12.1 Å². The van der Waals surface area contributed by atoms with Gasteiger partial charge in [0.15, 0.2) is 17.7 Å². The van der Waals surface area contributed by atoms with E-state index in [-0.39, 0.29) is 31.7 Å². The number of carboxylic acid groups (broad SMARTS) is 1. The van der Waals surface area contributed by atoms with Gasteiger partial charge in [-0.1, -0.05) is 12.1 Å². The van der Waals surface area contributed by atoms with E-state index in [1.54, 1.807) is 0 Å². The SMILES string of the molecule is O=C(O)C1COCCN1C(=O)Cc1cccc(F)c1F. The molecule has 20 heavy (non-hydrogen) atoms. The number of halogens is 2. The molecule has 0 aromatic heterocycles. The maximum Gasteiger partial charge on any atom is 0.328 e. The molecule has 0 radical (unpaired) electrons. The molecule has 1 aromatic carbocycles. The number of carbonyl (C=O) groups excluding carboxylic acids is 1. The van der Waals surface area contributed by atoms with Crippen LogP contribution in [0.15, 0.2) is 18.2 Å². The van der Waals surface area contributed by atoms with Crippen molar-refractivity contribution in [2.45, 2.75) is 12.5 Å². The number of benzene rings is 1. The number of ether oxygens (including phenoxy) is 1. The van der Waals surface area contributed by atoms with Gasteiger partial charge in [-0.15, -0.1) is 0 Å². The van der Waals surface area contributed by atoms with Crippen LogP contribution < -0.4 is 0 Å². The van der Waals surface area contributed by atoms with E-state index in [0.29, 0.717) is 0 Å². The Morgan fingerprint density at radius 1 is 1.40 bits per heavy atom. The van der Waals surface area contributed by atoms with E-state index in [9.17, 15) is 18.4 Å². The van der Waals surface area contributed by atoms with E-state index < -0.39 is 29.6 Å². The Morgan fingerprint density at radius 2 is 2.15 bits per heavy atom. The molecule has 0 saturated carbocycles. The number of nitrogens with zero attached hydrogens (tertiary/aromatic N) is 1. The summed E-state index contributed by atoms with van der Waals surface area (Å²) in [6.45, 7) is 0.237. The van der Waals surface area contributed by atoms with Crippen molar-refractivity contribution in [2.75, 3.05) is 19.8 Å². The van der Waals surface area contributed by atoms with Crippen molar-refractivity contribution in [3.8, 4) is 0 Å². The molecule has 1 N–H and O–H groups in total. The maximum atomic E-state index is 13.5. The van der Waals surface area contributed by atoms with Crippen molar-refractivity contribution in [3.63, 3.8) is 0 Å². The van der Waals surface area contributed by atoms with E-state index in [2.05, 4.69) is 0 Å². The first kappa shape index (κ1) is 14.4. The van der Waals surface area contributed by atoms with Gasteiger partial charge in [0.2, 0.25) is 5.91 Å². The number of hydrogen-bond donors (Lipinski definition) is 1. The second-order valence-corrected chi connectivity index (χ2v) is 4.41. The number of morpholine rings is 1. The first-order valence-corrected chi connectivity index (χ1v) is 6.03. The summed E-state index contributed by atoms with van der Waals surface area (Å²) in [6, 6.07) is 2.47. The lowest BCUT2D eigenvalue weighted by molar-refractivity contribution is -0.158. The van der Waals surface area contributed by atoms with Gasteiger partial charge in [0.05, 0.1) is 19.6 Å². The van der Waals surface area contributed by atoms with Gasteiger partial charge in [0, 0.05) is 12.1 Å². The standard InChI is InChI=1S/C13H13F2NO4/c14-9-3-1-2-8(12(9)15)6-11(17)16-4-5-20-7-10(16)13(18)19/h1-3,10H,4-7H2,(H,18,19). The molecule has 0 aliphatic carbocycles. The third-order valence-electron chi connectivity index (χ3n) is 3.11. The maximum absolute atomic E-state index is 13.5. The fourth-order valence-corrected chi connectivity index (χ4v) is 2.06. The molecule has 0 bridgehead atoms. The predicted octanol–water partition coefficient (Wildman–Crippen LogP) is 0.819. The molecule has 108 valence electrons. The molecule has 1 atom stereocenters. The highest BCUT2D eigenvalue weighted by Gasteiger charge is 2.32. The van der Waals surface area contributed by atoms with Crippen LogP contribution in [0.25, 0.3) is 0 Å². The highest BCUT2D eigenvalue weighted by molar-refractivity contribution is 5.85. The number of hydrogen-bond acceptors (Lipinski definition) is 3. The molecule has 1 aliphatic rings. The minimum absolute atomic E-state index is 0.0920. The van der Waals surface area contributed by atoms with Gasteiger partial charge >= 0.3 is 5.97 Å². The van der Waals surface area contributed by atoms with E-state index in [4.69, 9.17) is 9.84 Å². The summed E-state index contributed by atoms with van der Waals surface area (Å²) in [5, 5.41) is 9.01. The molecule has 1 fully saturated rings. The fraction of sp³-hybridized carbons (Fsp3) is 0.385. The summed E-state index contributed by atoms with van der Waals surface area (Å²) in [4.78, 5) is 24.2. The monoisotopic (exact) mass is 285 g/mol. The second kappa shape index (κ2) is 5.96. The Balaban J connectivity index is 2.14. The van der Waals surface area contributed by atoms with Crippen molar-refractivity contribution in [2.24, 2.45) is 0 Å². The van der Waals surface area contributed by atoms with Crippen molar-refractivity contribution < 1.29 is 28.2 Å². The predicted molar refractivity (Wildman–Crippen MR) is 64.0 cm³/mol. The summed E-state index contributed by atoms with van der Waals surface area (Å²) < 4.78 is 31.6. The normalized spacial score (nSPS) is 18.9. The molecule has 7 heteroatoms. The summed E-state index contributed by atoms with van der Waals surface area (Å²) >= 11 is 0. The topological polar surface area (TPSA) is 66.8 Å². The summed E-state index contributed by atoms with van der Waals surface area (Å²) in [6.07, 6.45) is -0.382. The fourth-order valence-electron chi connectivity index (χ4n) is 2.06. The Morgan fingerprint density at radius 3 is 2.85 bits per heavy atom. The van der Waals surface area contributed by atoms with Crippen LogP contribution in [-0.4, -0.2) is 47.7 Å². The number of carboxylic acids is 1. The molecule has 1 aliphatic heterocycles. The first-order chi connectivity index (χ1) is 9.50. The Labute approximate surface area is 113 Å². The lowest BCUT2D eigenvalue weighted by Gasteiger charge is -2.32. The zero-order chi connectivity index (χ0) is 14.7. The molecule has 1 amide bonds. The van der Waals surface area contributed by atoms with Gasteiger partial charge in [-0.05, 0) is 6.07 Å². The van der Waals surface area contributed by atoms with Crippen molar-refractivity contribution in [1.29, 1.82) is 0 Å². The van der Waals surface area contributed by atoms with Crippen LogP contribution in [0.1, 0.15) is 5.56 Å². The first-order valence-electron chi connectivity index (χ1n) is 6.03. The zero-order valence-electron chi connectivity index (χ0n) is 10.5. The second-order valence-electron chi connectivity index (χ2n) is 4.41. The highest BCUT2D eigenvalue weighted by atomic mass is 19.2. The lowest BCUT2D eigenvalue weighted by Crippen LogP contribution is -2.53.